The minimum Gasteiger partial charge on any atom is -1.00 e. The maximum Gasteiger partial charge on any atom is 0.101 e. The maximum absolute atomic E-state index is 3.71. The van der Waals surface area contributed by atoms with Gasteiger partial charge in [0, 0.05) is 0 Å². The SMILES string of the molecule is C=CC[N+](C)(C)C=C(C)C.[Br-]. The maximum atomic E-state index is 3.71. The lowest BCUT2D eigenvalue weighted by atomic mass is 10.3. The lowest BCUT2D eigenvalue weighted by molar-refractivity contribution is -0.832. The van der Waals surface area contributed by atoms with Crippen LogP contribution in [0.15, 0.2) is 24.4 Å². The van der Waals surface area contributed by atoms with Gasteiger partial charge in [-0.2, -0.15) is 0 Å². The zero-order chi connectivity index (χ0) is 8.20. The van der Waals surface area contributed by atoms with Crippen molar-refractivity contribution in [3.63, 3.8) is 0 Å². The van der Waals surface area contributed by atoms with Crippen molar-refractivity contribution in [2.45, 2.75) is 13.8 Å². The first-order chi connectivity index (χ1) is 4.48. The molecule has 0 aromatic heterocycles. The van der Waals surface area contributed by atoms with Gasteiger partial charge in [0.05, 0.1) is 20.3 Å². The first kappa shape index (κ1) is 13.5. The summed E-state index contributed by atoms with van der Waals surface area (Å²) >= 11 is 0. The van der Waals surface area contributed by atoms with Gasteiger partial charge in [-0.3, -0.25) is 4.48 Å². The van der Waals surface area contributed by atoms with E-state index in [4.69, 9.17) is 0 Å². The zero-order valence-corrected chi connectivity index (χ0v) is 9.48. The highest BCUT2D eigenvalue weighted by atomic mass is 79.9. The Morgan fingerprint density at radius 2 is 1.82 bits per heavy atom. The molecule has 11 heavy (non-hydrogen) atoms. The molecule has 0 radical (unpaired) electrons. The molecule has 66 valence electrons. The predicted octanol–water partition coefficient (Wildman–Crippen LogP) is -0.823. The fraction of sp³-hybridized carbons (Fsp3) is 0.556. The van der Waals surface area contributed by atoms with Gasteiger partial charge in [-0.05, 0) is 25.5 Å². The Kier molecular flexibility index (Phi) is 6.82. The summed E-state index contributed by atoms with van der Waals surface area (Å²) in [6.07, 6.45) is 4.17. The van der Waals surface area contributed by atoms with Gasteiger partial charge in [-0.15, -0.1) is 0 Å². The molecular formula is C9H18BrN. The number of hydrogen-bond acceptors (Lipinski definition) is 0. The van der Waals surface area contributed by atoms with Crippen molar-refractivity contribution in [1.82, 2.24) is 0 Å². The first-order valence-corrected chi connectivity index (χ1v) is 3.57. The largest absolute Gasteiger partial charge is 1.00 e. The number of hydrogen-bond donors (Lipinski definition) is 0. The molecule has 0 bridgehead atoms. The minimum absolute atomic E-state index is 0. The number of allylic oxidation sites excluding steroid dienone is 1. The number of likely N-dealkylation sites (N-methyl/N-ethyl adjacent to an activating group) is 1. The second kappa shape index (κ2) is 5.56. The van der Waals surface area contributed by atoms with Crippen molar-refractivity contribution in [2.24, 2.45) is 0 Å². The molecule has 0 saturated heterocycles. The third kappa shape index (κ3) is 7.82. The molecule has 0 saturated carbocycles. The summed E-state index contributed by atoms with van der Waals surface area (Å²) in [7, 11) is 4.32. The molecule has 0 rings (SSSR count). The van der Waals surface area contributed by atoms with Gasteiger partial charge >= 0.3 is 0 Å². The van der Waals surface area contributed by atoms with Crippen LogP contribution >= 0.6 is 0 Å². The van der Waals surface area contributed by atoms with Crippen LogP contribution in [0, 0.1) is 0 Å². The minimum atomic E-state index is 0. The molecule has 0 aliphatic heterocycles. The normalized spacial score (nSPS) is 9.82. The molecule has 0 aliphatic carbocycles. The molecule has 0 amide bonds. The van der Waals surface area contributed by atoms with Crippen LogP contribution in [0.5, 0.6) is 0 Å². The smallest absolute Gasteiger partial charge is 0.101 e. The first-order valence-electron chi connectivity index (χ1n) is 3.57. The van der Waals surface area contributed by atoms with Crippen LogP contribution in [0.25, 0.3) is 0 Å². The Morgan fingerprint density at radius 3 is 2.09 bits per heavy atom. The van der Waals surface area contributed by atoms with Gasteiger partial charge in [-0.25, -0.2) is 0 Å². The van der Waals surface area contributed by atoms with Crippen molar-refractivity contribution in [2.75, 3.05) is 20.6 Å². The van der Waals surface area contributed by atoms with Crippen molar-refractivity contribution >= 4 is 0 Å². The van der Waals surface area contributed by atoms with E-state index in [-0.39, 0.29) is 17.0 Å². The molecular weight excluding hydrogens is 202 g/mol. The van der Waals surface area contributed by atoms with Crippen LogP contribution in [-0.2, 0) is 0 Å². The Bertz CT molecular complexity index is 144. The molecule has 0 aromatic rings. The number of nitrogens with zero attached hydrogens (tertiary/aromatic N) is 1. The quantitative estimate of drug-likeness (QED) is 0.430. The molecule has 0 N–H and O–H groups in total. The fourth-order valence-corrected chi connectivity index (χ4v) is 1.08. The second-order valence-corrected chi connectivity index (χ2v) is 3.46. The number of quaternary nitrogens is 1. The summed E-state index contributed by atoms with van der Waals surface area (Å²) in [4.78, 5) is 0. The molecule has 2 heteroatoms. The summed E-state index contributed by atoms with van der Waals surface area (Å²) in [6.45, 7) is 8.93. The Morgan fingerprint density at radius 1 is 1.36 bits per heavy atom. The van der Waals surface area contributed by atoms with E-state index in [0.29, 0.717) is 0 Å². The highest BCUT2D eigenvalue weighted by molar-refractivity contribution is 4.87. The highest BCUT2D eigenvalue weighted by Crippen LogP contribution is 2.02. The van der Waals surface area contributed by atoms with Gasteiger partial charge in [-0.1, -0.05) is 6.58 Å². The second-order valence-electron chi connectivity index (χ2n) is 3.46. The third-order valence-corrected chi connectivity index (χ3v) is 1.21. The molecule has 0 aromatic carbocycles. The van der Waals surface area contributed by atoms with E-state index in [1.54, 1.807) is 0 Å². The van der Waals surface area contributed by atoms with Crippen LogP contribution in [0.3, 0.4) is 0 Å². The Balaban J connectivity index is 0. The van der Waals surface area contributed by atoms with Crippen LogP contribution < -0.4 is 17.0 Å². The summed E-state index contributed by atoms with van der Waals surface area (Å²) < 4.78 is 0.895. The average molecular weight is 220 g/mol. The number of halogens is 1. The number of rotatable bonds is 3. The molecule has 0 aliphatic rings. The van der Waals surface area contributed by atoms with Gasteiger partial charge < -0.3 is 17.0 Å². The molecule has 0 heterocycles. The van der Waals surface area contributed by atoms with E-state index >= 15 is 0 Å². The van der Waals surface area contributed by atoms with Crippen molar-refractivity contribution in [1.29, 1.82) is 0 Å². The fourth-order valence-electron chi connectivity index (χ4n) is 1.08. The molecule has 0 unspecified atom stereocenters. The van der Waals surface area contributed by atoms with Gasteiger partial charge in [0.25, 0.3) is 0 Å². The van der Waals surface area contributed by atoms with Crippen molar-refractivity contribution in [3.8, 4) is 0 Å². The summed E-state index contributed by atoms with van der Waals surface area (Å²) in [6, 6.07) is 0. The lowest BCUT2D eigenvalue weighted by Crippen LogP contribution is -3.00. The monoisotopic (exact) mass is 219 g/mol. The van der Waals surface area contributed by atoms with Crippen LogP contribution in [0.2, 0.25) is 0 Å². The van der Waals surface area contributed by atoms with Crippen molar-refractivity contribution < 1.29 is 21.5 Å². The molecule has 0 atom stereocenters. The van der Waals surface area contributed by atoms with Crippen LogP contribution in [-0.4, -0.2) is 25.1 Å². The Labute approximate surface area is 80.8 Å². The van der Waals surface area contributed by atoms with Gasteiger partial charge in [0.2, 0.25) is 0 Å². The lowest BCUT2D eigenvalue weighted by Gasteiger charge is -2.23. The molecule has 1 nitrogen and oxygen atoms in total. The van der Waals surface area contributed by atoms with E-state index in [9.17, 15) is 0 Å². The summed E-state index contributed by atoms with van der Waals surface area (Å²) in [5.41, 5.74) is 1.35. The van der Waals surface area contributed by atoms with E-state index < -0.39 is 0 Å². The Hall–Kier alpha value is -0.0800. The predicted molar refractivity (Wildman–Crippen MR) is 46.6 cm³/mol. The highest BCUT2D eigenvalue weighted by Gasteiger charge is 2.07. The van der Waals surface area contributed by atoms with E-state index in [2.05, 4.69) is 40.7 Å². The van der Waals surface area contributed by atoms with Gasteiger partial charge in [0.15, 0.2) is 0 Å². The standard InChI is InChI=1S/C9H18N.BrH/c1-6-7-10(4,5)8-9(2)3;/h6,8H,1,7H2,2-5H3;1H/q+1;/p-1. The summed E-state index contributed by atoms with van der Waals surface area (Å²) in [5, 5.41) is 0. The molecule has 0 fully saturated rings. The van der Waals surface area contributed by atoms with Crippen LogP contribution in [0.1, 0.15) is 13.8 Å². The van der Waals surface area contributed by atoms with E-state index in [1.165, 1.54) is 5.57 Å². The van der Waals surface area contributed by atoms with Crippen LogP contribution in [0.4, 0.5) is 0 Å². The molecule has 0 spiro atoms. The van der Waals surface area contributed by atoms with E-state index in [1.807, 2.05) is 6.08 Å². The zero-order valence-electron chi connectivity index (χ0n) is 7.89. The van der Waals surface area contributed by atoms with E-state index in [0.717, 1.165) is 11.0 Å². The average Bonchev–Trinajstić information content (AvgIpc) is 1.59. The summed E-state index contributed by atoms with van der Waals surface area (Å²) in [5.74, 6) is 0. The van der Waals surface area contributed by atoms with Crippen molar-refractivity contribution in [3.05, 3.63) is 24.4 Å². The van der Waals surface area contributed by atoms with Gasteiger partial charge in [0.1, 0.15) is 6.54 Å². The topological polar surface area (TPSA) is 0 Å². The third-order valence-electron chi connectivity index (χ3n) is 1.21.